The minimum Gasteiger partial charge on any atom is -0.469 e. The molecule has 1 fully saturated rings. The Balaban J connectivity index is 1.80. The molecule has 1 aromatic rings. The Bertz CT molecular complexity index is 411. The Labute approximate surface area is 132 Å². The van der Waals surface area contributed by atoms with Gasteiger partial charge in [0.1, 0.15) is 5.76 Å². The van der Waals surface area contributed by atoms with E-state index in [0.29, 0.717) is 12.0 Å². The lowest BCUT2D eigenvalue weighted by molar-refractivity contribution is 0.505. The van der Waals surface area contributed by atoms with Crippen LogP contribution in [0.15, 0.2) is 27.8 Å². The molecule has 5 heteroatoms. The van der Waals surface area contributed by atoms with Crippen molar-refractivity contribution in [3.8, 4) is 0 Å². The van der Waals surface area contributed by atoms with E-state index in [0.717, 1.165) is 31.2 Å². The number of hydrogen-bond acceptors (Lipinski definition) is 3. The zero-order chi connectivity index (χ0) is 14.9. The minimum absolute atomic E-state index is 0.547. The van der Waals surface area contributed by atoms with Gasteiger partial charge in [0.15, 0.2) is 5.96 Å². The lowest BCUT2D eigenvalue weighted by atomic mass is 10.2. The summed E-state index contributed by atoms with van der Waals surface area (Å²) in [6, 6.07) is 4.49. The van der Waals surface area contributed by atoms with Gasteiger partial charge in [-0.3, -0.25) is 4.99 Å². The lowest BCUT2D eigenvalue weighted by Gasteiger charge is -2.25. The zero-order valence-corrected chi connectivity index (χ0v) is 13.9. The van der Waals surface area contributed by atoms with Crippen molar-refractivity contribution in [2.24, 2.45) is 10.9 Å². The number of hydrogen-bond donors (Lipinski definition) is 2. The van der Waals surface area contributed by atoms with Crippen LogP contribution in [0.1, 0.15) is 32.4 Å². The molecule has 1 aliphatic rings. The van der Waals surface area contributed by atoms with E-state index in [2.05, 4.69) is 24.5 Å². The maximum atomic E-state index is 5.36. The van der Waals surface area contributed by atoms with Crippen LogP contribution in [0.3, 0.4) is 0 Å². The second kappa shape index (κ2) is 9.03. The Morgan fingerprint density at radius 3 is 3.10 bits per heavy atom. The van der Waals surface area contributed by atoms with Crippen LogP contribution in [-0.4, -0.2) is 36.6 Å². The van der Waals surface area contributed by atoms with E-state index in [-0.39, 0.29) is 0 Å². The Kier molecular flexibility index (Phi) is 7.00. The molecule has 1 aliphatic heterocycles. The second-order valence-electron chi connectivity index (χ2n) is 5.90. The van der Waals surface area contributed by atoms with Gasteiger partial charge in [-0.2, -0.15) is 11.8 Å². The molecule has 2 heterocycles. The highest BCUT2D eigenvalue weighted by molar-refractivity contribution is 7.99. The molecule has 2 rings (SSSR count). The molecule has 1 unspecified atom stereocenters. The summed E-state index contributed by atoms with van der Waals surface area (Å²) in [6.07, 6.45) is 5.15. The van der Waals surface area contributed by atoms with E-state index in [1.165, 1.54) is 24.3 Å². The van der Waals surface area contributed by atoms with Crippen molar-refractivity contribution in [2.75, 3.05) is 24.6 Å². The summed E-state index contributed by atoms with van der Waals surface area (Å²) in [6.45, 7) is 6.09. The van der Waals surface area contributed by atoms with Crippen molar-refractivity contribution in [3.05, 3.63) is 24.2 Å². The van der Waals surface area contributed by atoms with Crippen molar-refractivity contribution in [1.29, 1.82) is 0 Å². The summed E-state index contributed by atoms with van der Waals surface area (Å²) in [4.78, 5) is 4.69. The molecule has 0 radical (unpaired) electrons. The molecule has 118 valence electrons. The molecule has 0 aliphatic carbocycles. The fourth-order valence-electron chi connectivity index (χ4n) is 2.23. The third-order valence-corrected chi connectivity index (χ3v) is 4.58. The molecule has 1 aromatic heterocycles. The molecule has 0 bridgehead atoms. The first-order valence-corrected chi connectivity index (χ1v) is 9.04. The van der Waals surface area contributed by atoms with Gasteiger partial charge in [-0.15, -0.1) is 0 Å². The molecule has 0 spiro atoms. The molecule has 1 saturated heterocycles. The molecular formula is C16H27N3OS. The minimum atomic E-state index is 0.547. The highest BCUT2D eigenvalue weighted by Gasteiger charge is 2.15. The van der Waals surface area contributed by atoms with Gasteiger partial charge in [0.25, 0.3) is 0 Å². The molecule has 0 aromatic carbocycles. The first-order valence-electron chi connectivity index (χ1n) is 7.89. The second-order valence-corrected chi connectivity index (χ2v) is 7.05. The maximum absolute atomic E-state index is 5.36. The predicted octanol–water partition coefficient (Wildman–Crippen LogP) is 2.91. The van der Waals surface area contributed by atoms with E-state index in [1.807, 2.05) is 23.9 Å². The first kappa shape index (κ1) is 16.3. The Morgan fingerprint density at radius 1 is 1.52 bits per heavy atom. The molecule has 0 saturated carbocycles. The normalized spacial score (nSPS) is 19.8. The SMILES string of the molecule is CC(C)CN=C(NCCc1ccco1)NC1CCCSC1. The van der Waals surface area contributed by atoms with Crippen molar-refractivity contribution in [3.63, 3.8) is 0 Å². The molecule has 2 N–H and O–H groups in total. The molecule has 1 atom stereocenters. The number of furan rings is 1. The van der Waals surface area contributed by atoms with E-state index in [9.17, 15) is 0 Å². The average Bonchev–Trinajstić information content (AvgIpc) is 2.99. The van der Waals surface area contributed by atoms with Gasteiger partial charge in [0, 0.05) is 31.3 Å². The average molecular weight is 309 g/mol. The maximum Gasteiger partial charge on any atom is 0.191 e. The fraction of sp³-hybridized carbons (Fsp3) is 0.688. The summed E-state index contributed by atoms with van der Waals surface area (Å²) in [7, 11) is 0. The van der Waals surface area contributed by atoms with Crippen LogP contribution >= 0.6 is 11.8 Å². The van der Waals surface area contributed by atoms with E-state index in [4.69, 9.17) is 9.41 Å². The van der Waals surface area contributed by atoms with Gasteiger partial charge in [-0.25, -0.2) is 0 Å². The highest BCUT2D eigenvalue weighted by atomic mass is 32.2. The fourth-order valence-corrected chi connectivity index (χ4v) is 3.31. The topological polar surface area (TPSA) is 49.6 Å². The van der Waals surface area contributed by atoms with Crippen molar-refractivity contribution in [2.45, 2.75) is 39.2 Å². The van der Waals surface area contributed by atoms with E-state index < -0.39 is 0 Å². The third-order valence-electron chi connectivity index (χ3n) is 3.36. The van der Waals surface area contributed by atoms with Crippen LogP contribution in [0, 0.1) is 5.92 Å². The summed E-state index contributed by atoms with van der Waals surface area (Å²) in [5.74, 6) is 5.01. The number of rotatable bonds is 6. The Morgan fingerprint density at radius 2 is 2.43 bits per heavy atom. The van der Waals surface area contributed by atoms with E-state index >= 15 is 0 Å². The highest BCUT2D eigenvalue weighted by Crippen LogP contribution is 2.16. The van der Waals surface area contributed by atoms with Crippen LogP contribution in [0.25, 0.3) is 0 Å². The van der Waals surface area contributed by atoms with Crippen LogP contribution in [0.4, 0.5) is 0 Å². The van der Waals surface area contributed by atoms with E-state index in [1.54, 1.807) is 6.26 Å². The smallest absolute Gasteiger partial charge is 0.191 e. The summed E-state index contributed by atoms with van der Waals surface area (Å²) in [5, 5.41) is 7.01. The van der Waals surface area contributed by atoms with Gasteiger partial charge in [-0.1, -0.05) is 13.8 Å². The van der Waals surface area contributed by atoms with Crippen molar-refractivity contribution in [1.82, 2.24) is 10.6 Å². The quantitative estimate of drug-likeness (QED) is 0.626. The van der Waals surface area contributed by atoms with Gasteiger partial charge >= 0.3 is 0 Å². The standard InChI is InChI=1S/C16H27N3OS/c1-13(2)11-18-16(19-14-5-4-10-21-12-14)17-8-7-15-6-3-9-20-15/h3,6,9,13-14H,4-5,7-8,10-12H2,1-2H3,(H2,17,18,19). The van der Waals surface area contributed by atoms with Crippen LogP contribution < -0.4 is 10.6 Å². The number of nitrogens with zero attached hydrogens (tertiary/aromatic N) is 1. The van der Waals surface area contributed by atoms with Crippen molar-refractivity contribution < 1.29 is 4.42 Å². The molecule has 4 nitrogen and oxygen atoms in total. The zero-order valence-electron chi connectivity index (χ0n) is 13.1. The first-order chi connectivity index (χ1) is 10.2. The number of guanidine groups is 1. The van der Waals surface area contributed by atoms with Gasteiger partial charge in [-0.05, 0) is 36.6 Å². The number of nitrogens with one attached hydrogen (secondary N) is 2. The van der Waals surface area contributed by atoms with Gasteiger partial charge in [0.2, 0.25) is 0 Å². The van der Waals surface area contributed by atoms with Gasteiger partial charge < -0.3 is 15.1 Å². The van der Waals surface area contributed by atoms with Gasteiger partial charge in [0.05, 0.1) is 6.26 Å². The van der Waals surface area contributed by atoms with Crippen LogP contribution in [0.5, 0.6) is 0 Å². The number of aliphatic imine (C=N–C) groups is 1. The molecular weight excluding hydrogens is 282 g/mol. The third kappa shape index (κ3) is 6.46. The monoisotopic (exact) mass is 309 g/mol. The summed E-state index contributed by atoms with van der Waals surface area (Å²) < 4.78 is 5.36. The number of thioether (sulfide) groups is 1. The summed E-state index contributed by atoms with van der Waals surface area (Å²) >= 11 is 2.03. The van der Waals surface area contributed by atoms with Crippen LogP contribution in [-0.2, 0) is 6.42 Å². The van der Waals surface area contributed by atoms with Crippen molar-refractivity contribution >= 4 is 17.7 Å². The predicted molar refractivity (Wildman–Crippen MR) is 91.0 cm³/mol. The summed E-state index contributed by atoms with van der Waals surface area (Å²) in [5.41, 5.74) is 0. The molecule has 21 heavy (non-hydrogen) atoms. The van der Waals surface area contributed by atoms with Crippen LogP contribution in [0.2, 0.25) is 0 Å². The Hall–Kier alpha value is -1.10. The lowest BCUT2D eigenvalue weighted by Crippen LogP contribution is -2.46. The molecule has 0 amide bonds. The largest absolute Gasteiger partial charge is 0.469 e.